The van der Waals surface area contributed by atoms with Gasteiger partial charge in [0, 0.05) is 24.3 Å². The molecule has 0 radical (unpaired) electrons. The van der Waals surface area contributed by atoms with Crippen molar-refractivity contribution < 1.29 is 9.32 Å². The Morgan fingerprint density at radius 2 is 2.26 bits per heavy atom. The fraction of sp³-hybridized carbons (Fsp3) is 0.250. The zero-order valence-electron chi connectivity index (χ0n) is 10.5. The van der Waals surface area contributed by atoms with Crippen LogP contribution in [0.4, 0.5) is 11.4 Å². The van der Waals surface area contributed by atoms with E-state index in [9.17, 15) is 4.79 Å². The van der Waals surface area contributed by atoms with Gasteiger partial charge in [0.25, 0.3) is 5.91 Å². The van der Waals surface area contributed by atoms with Crippen molar-refractivity contribution in [1.82, 2.24) is 10.1 Å². The number of nitrogens with one attached hydrogen (secondary N) is 1. The lowest BCUT2D eigenvalue weighted by Gasteiger charge is -2.09. The lowest BCUT2D eigenvalue weighted by atomic mass is 10.1. The zero-order chi connectivity index (χ0) is 13.8. The SMILES string of the molecule is Cc1noc(CCNc2cc(N)ccc2C(N)=O)n1. The highest BCUT2D eigenvalue weighted by Crippen LogP contribution is 2.18. The number of rotatable bonds is 5. The van der Waals surface area contributed by atoms with Gasteiger partial charge >= 0.3 is 0 Å². The van der Waals surface area contributed by atoms with Crippen LogP contribution in [-0.4, -0.2) is 22.6 Å². The molecule has 0 fully saturated rings. The summed E-state index contributed by atoms with van der Waals surface area (Å²) in [5.41, 5.74) is 12.5. The Hall–Kier alpha value is -2.57. The Bertz CT molecular complexity index is 594. The molecule has 0 bridgehead atoms. The Balaban J connectivity index is 2.02. The van der Waals surface area contributed by atoms with Gasteiger partial charge in [0.2, 0.25) is 5.89 Å². The number of nitrogen functional groups attached to an aromatic ring is 1. The van der Waals surface area contributed by atoms with Gasteiger partial charge in [0.15, 0.2) is 5.82 Å². The summed E-state index contributed by atoms with van der Waals surface area (Å²) in [4.78, 5) is 15.4. The largest absolute Gasteiger partial charge is 0.399 e. The highest BCUT2D eigenvalue weighted by molar-refractivity contribution is 5.99. The fourth-order valence-electron chi connectivity index (χ4n) is 1.67. The van der Waals surface area contributed by atoms with Gasteiger partial charge in [-0.1, -0.05) is 5.16 Å². The number of primary amides is 1. The average Bonchev–Trinajstić information content (AvgIpc) is 2.75. The lowest BCUT2D eigenvalue weighted by molar-refractivity contribution is 0.100. The van der Waals surface area contributed by atoms with E-state index in [1.807, 2.05) is 0 Å². The molecule has 7 heteroatoms. The zero-order valence-corrected chi connectivity index (χ0v) is 10.5. The molecule has 0 spiro atoms. The number of aromatic nitrogens is 2. The van der Waals surface area contributed by atoms with Crippen LogP contribution in [0.2, 0.25) is 0 Å². The molecule has 1 aromatic carbocycles. The number of amides is 1. The molecular formula is C12H15N5O2. The summed E-state index contributed by atoms with van der Waals surface area (Å²) in [6.45, 7) is 2.29. The summed E-state index contributed by atoms with van der Waals surface area (Å²) >= 11 is 0. The van der Waals surface area contributed by atoms with Crippen molar-refractivity contribution in [2.75, 3.05) is 17.6 Å². The molecule has 5 N–H and O–H groups in total. The predicted molar refractivity (Wildman–Crippen MR) is 70.6 cm³/mol. The molecule has 100 valence electrons. The third-order valence-corrected chi connectivity index (χ3v) is 2.53. The Morgan fingerprint density at radius 3 is 2.89 bits per heavy atom. The first-order chi connectivity index (χ1) is 9.06. The second kappa shape index (κ2) is 5.38. The number of aryl methyl sites for hydroxylation is 1. The molecule has 0 saturated carbocycles. The summed E-state index contributed by atoms with van der Waals surface area (Å²) in [5, 5.41) is 6.78. The highest BCUT2D eigenvalue weighted by atomic mass is 16.5. The second-order valence-corrected chi connectivity index (χ2v) is 4.08. The molecule has 2 rings (SSSR count). The number of carbonyl (C=O) groups is 1. The molecule has 1 heterocycles. The van der Waals surface area contributed by atoms with E-state index in [2.05, 4.69) is 15.5 Å². The van der Waals surface area contributed by atoms with E-state index < -0.39 is 5.91 Å². The number of anilines is 2. The van der Waals surface area contributed by atoms with Crippen molar-refractivity contribution in [3.05, 3.63) is 35.5 Å². The molecule has 0 atom stereocenters. The Morgan fingerprint density at radius 1 is 1.47 bits per heavy atom. The molecule has 0 saturated heterocycles. The maximum absolute atomic E-state index is 11.3. The average molecular weight is 261 g/mol. The topological polar surface area (TPSA) is 120 Å². The minimum Gasteiger partial charge on any atom is -0.399 e. The van der Waals surface area contributed by atoms with Crippen molar-refractivity contribution in [2.45, 2.75) is 13.3 Å². The van der Waals surface area contributed by atoms with Crippen LogP contribution in [0.5, 0.6) is 0 Å². The first kappa shape index (κ1) is 12.9. The number of carbonyl (C=O) groups excluding carboxylic acids is 1. The summed E-state index contributed by atoms with van der Waals surface area (Å²) in [6.07, 6.45) is 0.549. The van der Waals surface area contributed by atoms with Gasteiger partial charge in [-0.3, -0.25) is 4.79 Å². The van der Waals surface area contributed by atoms with E-state index in [1.54, 1.807) is 25.1 Å². The maximum atomic E-state index is 11.3. The Kier molecular flexibility index (Phi) is 3.65. The van der Waals surface area contributed by atoms with Gasteiger partial charge in [-0.25, -0.2) is 0 Å². The van der Waals surface area contributed by atoms with Crippen LogP contribution in [0, 0.1) is 6.92 Å². The van der Waals surface area contributed by atoms with Crippen LogP contribution >= 0.6 is 0 Å². The summed E-state index contributed by atoms with van der Waals surface area (Å²) in [7, 11) is 0. The van der Waals surface area contributed by atoms with Crippen molar-refractivity contribution in [3.63, 3.8) is 0 Å². The summed E-state index contributed by atoms with van der Waals surface area (Å²) < 4.78 is 4.99. The van der Waals surface area contributed by atoms with Crippen LogP contribution in [0.15, 0.2) is 22.7 Å². The highest BCUT2D eigenvalue weighted by Gasteiger charge is 2.09. The molecule has 7 nitrogen and oxygen atoms in total. The molecule has 0 aliphatic carbocycles. The Labute approximate surface area is 110 Å². The van der Waals surface area contributed by atoms with E-state index in [0.717, 1.165) is 0 Å². The lowest BCUT2D eigenvalue weighted by Crippen LogP contribution is -2.15. The maximum Gasteiger partial charge on any atom is 0.250 e. The van der Waals surface area contributed by atoms with Gasteiger partial charge in [-0.15, -0.1) is 0 Å². The molecule has 1 aromatic heterocycles. The quantitative estimate of drug-likeness (QED) is 0.682. The van der Waals surface area contributed by atoms with E-state index >= 15 is 0 Å². The molecule has 0 unspecified atom stereocenters. The molecule has 1 amide bonds. The predicted octanol–water partition coefficient (Wildman–Crippen LogP) is 0.714. The fourth-order valence-corrected chi connectivity index (χ4v) is 1.67. The molecule has 2 aromatic rings. The number of hydrogen-bond acceptors (Lipinski definition) is 6. The van der Waals surface area contributed by atoms with Gasteiger partial charge < -0.3 is 21.3 Å². The first-order valence-corrected chi connectivity index (χ1v) is 5.78. The summed E-state index contributed by atoms with van der Waals surface area (Å²) in [5.74, 6) is 0.627. The normalized spacial score (nSPS) is 10.4. The van der Waals surface area contributed by atoms with E-state index in [1.165, 1.54) is 0 Å². The number of nitrogens with two attached hydrogens (primary N) is 2. The minimum absolute atomic E-state index is 0.399. The van der Waals surface area contributed by atoms with Crippen molar-refractivity contribution >= 4 is 17.3 Å². The number of hydrogen-bond donors (Lipinski definition) is 3. The van der Waals surface area contributed by atoms with Crippen molar-refractivity contribution in [2.24, 2.45) is 5.73 Å². The monoisotopic (exact) mass is 261 g/mol. The first-order valence-electron chi connectivity index (χ1n) is 5.78. The molecule has 0 aliphatic rings. The van der Waals surface area contributed by atoms with E-state index in [4.69, 9.17) is 16.0 Å². The molecule has 19 heavy (non-hydrogen) atoms. The van der Waals surface area contributed by atoms with Crippen LogP contribution < -0.4 is 16.8 Å². The van der Waals surface area contributed by atoms with Gasteiger partial charge in [-0.2, -0.15) is 4.98 Å². The van der Waals surface area contributed by atoms with E-state index in [0.29, 0.717) is 41.6 Å². The van der Waals surface area contributed by atoms with Crippen LogP contribution in [0.3, 0.4) is 0 Å². The third kappa shape index (κ3) is 3.21. The number of benzene rings is 1. The van der Waals surface area contributed by atoms with E-state index in [-0.39, 0.29) is 0 Å². The van der Waals surface area contributed by atoms with Crippen LogP contribution in [-0.2, 0) is 6.42 Å². The molecular weight excluding hydrogens is 246 g/mol. The second-order valence-electron chi connectivity index (χ2n) is 4.08. The third-order valence-electron chi connectivity index (χ3n) is 2.53. The van der Waals surface area contributed by atoms with Gasteiger partial charge in [-0.05, 0) is 25.1 Å². The standard InChI is InChI=1S/C12H15N5O2/c1-7-16-11(19-17-7)4-5-15-10-6-8(13)2-3-9(10)12(14)18/h2-3,6,15H,4-5,13H2,1H3,(H2,14,18). The van der Waals surface area contributed by atoms with Gasteiger partial charge in [0.05, 0.1) is 5.56 Å². The van der Waals surface area contributed by atoms with Crippen molar-refractivity contribution in [1.29, 1.82) is 0 Å². The smallest absolute Gasteiger partial charge is 0.250 e. The number of nitrogens with zero attached hydrogens (tertiary/aromatic N) is 2. The van der Waals surface area contributed by atoms with Crippen LogP contribution in [0.25, 0.3) is 0 Å². The molecule has 0 aliphatic heterocycles. The minimum atomic E-state index is -0.504. The van der Waals surface area contributed by atoms with Crippen molar-refractivity contribution in [3.8, 4) is 0 Å². The van der Waals surface area contributed by atoms with Crippen LogP contribution in [0.1, 0.15) is 22.1 Å². The van der Waals surface area contributed by atoms with Gasteiger partial charge in [0.1, 0.15) is 0 Å². The summed E-state index contributed by atoms with van der Waals surface area (Å²) in [6, 6.07) is 4.89.